The summed E-state index contributed by atoms with van der Waals surface area (Å²) in [4.78, 5) is 0. The van der Waals surface area contributed by atoms with Gasteiger partial charge in [-0.25, -0.2) is 4.39 Å². The molecule has 0 unspecified atom stereocenters. The van der Waals surface area contributed by atoms with E-state index in [2.05, 4.69) is 5.32 Å². The first-order chi connectivity index (χ1) is 7.27. The van der Waals surface area contributed by atoms with Crippen LogP contribution < -0.4 is 10.1 Å². The molecular formula is C11H16FNO2. The van der Waals surface area contributed by atoms with Crippen LogP contribution in [0.1, 0.15) is 5.56 Å². The molecule has 0 aliphatic carbocycles. The van der Waals surface area contributed by atoms with Crippen molar-refractivity contribution in [1.82, 2.24) is 5.32 Å². The molecule has 3 nitrogen and oxygen atoms in total. The molecule has 0 amide bonds. The Kier molecular flexibility index (Phi) is 5.07. The summed E-state index contributed by atoms with van der Waals surface area (Å²) in [5, 5.41) is 11.6. The zero-order valence-electron chi connectivity index (χ0n) is 8.79. The quantitative estimate of drug-likeness (QED) is 0.691. The van der Waals surface area contributed by atoms with Crippen LogP contribution in [0.5, 0.6) is 5.75 Å². The van der Waals surface area contributed by atoms with Crippen LogP contribution in [-0.4, -0.2) is 31.9 Å². The number of benzene rings is 1. The average Bonchev–Trinajstić information content (AvgIpc) is 2.25. The predicted octanol–water partition coefficient (Wildman–Crippen LogP) is 0.959. The zero-order valence-corrected chi connectivity index (χ0v) is 8.79. The summed E-state index contributed by atoms with van der Waals surface area (Å²) < 4.78 is 18.1. The molecule has 4 heteroatoms. The third kappa shape index (κ3) is 3.85. The Balaban J connectivity index is 2.54. The van der Waals surface area contributed by atoms with Crippen LogP contribution in [0.15, 0.2) is 18.2 Å². The van der Waals surface area contributed by atoms with Crippen molar-refractivity contribution in [2.24, 2.45) is 0 Å². The Bertz CT molecular complexity index is 305. The van der Waals surface area contributed by atoms with Crippen LogP contribution in [-0.2, 0) is 6.42 Å². The average molecular weight is 213 g/mol. The van der Waals surface area contributed by atoms with Crippen molar-refractivity contribution in [1.29, 1.82) is 0 Å². The van der Waals surface area contributed by atoms with Crippen molar-refractivity contribution in [2.45, 2.75) is 6.42 Å². The molecule has 0 bridgehead atoms. The summed E-state index contributed by atoms with van der Waals surface area (Å²) in [6, 6.07) is 4.47. The zero-order chi connectivity index (χ0) is 11.1. The number of ether oxygens (including phenoxy) is 1. The van der Waals surface area contributed by atoms with Gasteiger partial charge in [0.15, 0.2) is 0 Å². The second kappa shape index (κ2) is 6.37. The number of hydrogen-bond donors (Lipinski definition) is 2. The van der Waals surface area contributed by atoms with Gasteiger partial charge in [0.25, 0.3) is 0 Å². The smallest absolute Gasteiger partial charge is 0.123 e. The van der Waals surface area contributed by atoms with Crippen molar-refractivity contribution < 1.29 is 14.2 Å². The van der Waals surface area contributed by atoms with E-state index in [0.717, 1.165) is 5.56 Å². The van der Waals surface area contributed by atoms with Gasteiger partial charge in [-0.2, -0.15) is 0 Å². The fraction of sp³-hybridized carbons (Fsp3) is 0.455. The lowest BCUT2D eigenvalue weighted by molar-refractivity contribution is 0.292. The predicted molar refractivity (Wildman–Crippen MR) is 56.6 cm³/mol. The first kappa shape index (κ1) is 11.9. The Morgan fingerprint density at radius 3 is 2.87 bits per heavy atom. The SMILES string of the molecule is COc1ccc(F)cc1CCNCCO. The van der Waals surface area contributed by atoms with Gasteiger partial charge in [-0.3, -0.25) is 0 Å². The van der Waals surface area contributed by atoms with Crippen LogP contribution in [0.2, 0.25) is 0 Å². The highest BCUT2D eigenvalue weighted by atomic mass is 19.1. The molecule has 2 N–H and O–H groups in total. The monoisotopic (exact) mass is 213 g/mol. The van der Waals surface area contributed by atoms with Crippen molar-refractivity contribution in [3.8, 4) is 5.75 Å². The molecular weight excluding hydrogens is 197 g/mol. The van der Waals surface area contributed by atoms with E-state index >= 15 is 0 Å². The van der Waals surface area contributed by atoms with E-state index < -0.39 is 0 Å². The number of methoxy groups -OCH3 is 1. The van der Waals surface area contributed by atoms with Gasteiger partial charge in [0.05, 0.1) is 13.7 Å². The van der Waals surface area contributed by atoms with Crippen LogP contribution >= 0.6 is 0 Å². The number of aliphatic hydroxyl groups is 1. The van der Waals surface area contributed by atoms with E-state index in [0.29, 0.717) is 25.3 Å². The molecule has 0 spiro atoms. The summed E-state index contributed by atoms with van der Waals surface area (Å²) in [6.07, 6.45) is 0.681. The molecule has 1 aromatic carbocycles. The highest BCUT2D eigenvalue weighted by Crippen LogP contribution is 2.19. The Morgan fingerprint density at radius 1 is 1.40 bits per heavy atom. The Morgan fingerprint density at radius 2 is 2.20 bits per heavy atom. The van der Waals surface area contributed by atoms with E-state index in [1.165, 1.54) is 12.1 Å². The summed E-state index contributed by atoms with van der Waals surface area (Å²) >= 11 is 0. The number of rotatable bonds is 6. The van der Waals surface area contributed by atoms with E-state index in [-0.39, 0.29) is 12.4 Å². The van der Waals surface area contributed by atoms with Crippen LogP contribution in [0.4, 0.5) is 4.39 Å². The molecule has 1 rings (SSSR count). The maximum absolute atomic E-state index is 12.9. The third-order valence-corrected chi connectivity index (χ3v) is 2.10. The maximum atomic E-state index is 12.9. The molecule has 0 fully saturated rings. The van der Waals surface area contributed by atoms with Gasteiger partial charge in [-0.1, -0.05) is 0 Å². The molecule has 15 heavy (non-hydrogen) atoms. The van der Waals surface area contributed by atoms with Crippen LogP contribution in [0, 0.1) is 5.82 Å². The normalized spacial score (nSPS) is 10.3. The second-order valence-corrected chi connectivity index (χ2v) is 3.18. The fourth-order valence-corrected chi connectivity index (χ4v) is 1.37. The van der Waals surface area contributed by atoms with E-state index in [1.54, 1.807) is 13.2 Å². The number of halogens is 1. The highest BCUT2D eigenvalue weighted by Gasteiger charge is 2.03. The Hall–Kier alpha value is -1.13. The van der Waals surface area contributed by atoms with Crippen molar-refractivity contribution in [3.63, 3.8) is 0 Å². The van der Waals surface area contributed by atoms with Crippen molar-refractivity contribution >= 4 is 0 Å². The number of nitrogens with one attached hydrogen (secondary N) is 1. The standard InChI is InChI=1S/C11H16FNO2/c1-15-11-3-2-10(12)8-9(11)4-5-13-6-7-14/h2-3,8,13-14H,4-7H2,1H3. The fourth-order valence-electron chi connectivity index (χ4n) is 1.37. The third-order valence-electron chi connectivity index (χ3n) is 2.10. The van der Waals surface area contributed by atoms with Crippen molar-refractivity contribution in [2.75, 3.05) is 26.8 Å². The van der Waals surface area contributed by atoms with E-state index in [9.17, 15) is 4.39 Å². The molecule has 0 saturated heterocycles. The van der Waals surface area contributed by atoms with E-state index in [1.807, 2.05) is 0 Å². The summed E-state index contributed by atoms with van der Waals surface area (Å²) in [7, 11) is 1.57. The van der Waals surface area contributed by atoms with Gasteiger partial charge in [0, 0.05) is 6.54 Å². The van der Waals surface area contributed by atoms with Gasteiger partial charge in [0.1, 0.15) is 11.6 Å². The molecule has 84 valence electrons. The minimum absolute atomic E-state index is 0.111. The second-order valence-electron chi connectivity index (χ2n) is 3.18. The first-order valence-corrected chi connectivity index (χ1v) is 4.92. The number of aliphatic hydroxyl groups excluding tert-OH is 1. The van der Waals surface area contributed by atoms with Gasteiger partial charge < -0.3 is 15.2 Å². The molecule has 0 aromatic heterocycles. The first-order valence-electron chi connectivity index (χ1n) is 4.92. The molecule has 0 heterocycles. The van der Waals surface area contributed by atoms with Gasteiger partial charge >= 0.3 is 0 Å². The summed E-state index contributed by atoms with van der Waals surface area (Å²) in [6.45, 7) is 1.36. The molecule has 0 radical (unpaired) electrons. The van der Waals surface area contributed by atoms with Crippen molar-refractivity contribution in [3.05, 3.63) is 29.6 Å². The minimum atomic E-state index is -0.257. The lowest BCUT2D eigenvalue weighted by atomic mass is 10.1. The van der Waals surface area contributed by atoms with E-state index in [4.69, 9.17) is 9.84 Å². The van der Waals surface area contributed by atoms with Crippen LogP contribution in [0.25, 0.3) is 0 Å². The molecule has 0 aliphatic heterocycles. The largest absolute Gasteiger partial charge is 0.496 e. The van der Waals surface area contributed by atoms with Gasteiger partial charge in [0.2, 0.25) is 0 Å². The van der Waals surface area contributed by atoms with Gasteiger partial charge in [-0.05, 0) is 36.7 Å². The minimum Gasteiger partial charge on any atom is -0.496 e. The Labute approximate surface area is 88.9 Å². The topological polar surface area (TPSA) is 41.5 Å². The summed E-state index contributed by atoms with van der Waals surface area (Å²) in [5.74, 6) is 0.440. The maximum Gasteiger partial charge on any atom is 0.123 e. The molecule has 0 aliphatic rings. The lowest BCUT2D eigenvalue weighted by Crippen LogP contribution is -2.21. The molecule has 0 atom stereocenters. The summed E-state index contributed by atoms with van der Waals surface area (Å²) in [5.41, 5.74) is 0.836. The highest BCUT2D eigenvalue weighted by molar-refractivity contribution is 5.34. The molecule has 1 aromatic rings. The number of hydrogen-bond acceptors (Lipinski definition) is 3. The lowest BCUT2D eigenvalue weighted by Gasteiger charge is -2.08. The molecule has 0 saturated carbocycles. The van der Waals surface area contributed by atoms with Crippen LogP contribution in [0.3, 0.4) is 0 Å². The van der Waals surface area contributed by atoms with Gasteiger partial charge in [-0.15, -0.1) is 0 Å².